The molecule has 0 saturated carbocycles. The number of hydrogen-bond acceptors (Lipinski definition) is 4. The zero-order valence-corrected chi connectivity index (χ0v) is 20.6. The molecule has 4 rings (SSSR count). The van der Waals surface area contributed by atoms with Crippen molar-refractivity contribution in [2.75, 3.05) is 0 Å². The van der Waals surface area contributed by atoms with Gasteiger partial charge in [0.25, 0.3) is 5.91 Å². The summed E-state index contributed by atoms with van der Waals surface area (Å²) in [5, 5.41) is 6.46. The number of benzene rings is 3. The quantitative estimate of drug-likeness (QED) is 0.166. The Hall–Kier alpha value is -2.53. The van der Waals surface area contributed by atoms with Crippen LogP contribution >= 0.6 is 45.2 Å². The smallest absolute Gasteiger partial charge is 0.272 e. The lowest BCUT2D eigenvalue weighted by Crippen LogP contribution is -2.17. The Morgan fingerprint density at radius 1 is 1.03 bits per heavy atom. The van der Waals surface area contributed by atoms with Gasteiger partial charge in [-0.1, -0.05) is 42.5 Å². The second-order valence-corrected chi connectivity index (χ2v) is 9.01. The second kappa shape index (κ2) is 10.2. The van der Waals surface area contributed by atoms with Gasteiger partial charge in [-0.15, -0.1) is 0 Å². The van der Waals surface area contributed by atoms with Crippen molar-refractivity contribution in [3.63, 3.8) is 0 Å². The van der Waals surface area contributed by atoms with Crippen LogP contribution in [0.5, 0.6) is 5.75 Å². The van der Waals surface area contributed by atoms with Crippen molar-refractivity contribution in [3.05, 3.63) is 103 Å². The number of nitrogens with one attached hydrogen (secondary N) is 1. The lowest BCUT2D eigenvalue weighted by molar-refractivity contribution is 0.0955. The van der Waals surface area contributed by atoms with E-state index >= 15 is 0 Å². The van der Waals surface area contributed by atoms with E-state index in [9.17, 15) is 4.79 Å². The molecule has 0 aliphatic rings. The van der Waals surface area contributed by atoms with Gasteiger partial charge in [0.1, 0.15) is 12.4 Å². The molecule has 5 nitrogen and oxygen atoms in total. The molecule has 1 heterocycles. The van der Waals surface area contributed by atoms with E-state index in [1.807, 2.05) is 24.3 Å². The van der Waals surface area contributed by atoms with Gasteiger partial charge in [0.2, 0.25) is 0 Å². The Morgan fingerprint density at radius 3 is 2.58 bits per heavy atom. The molecule has 0 fully saturated rings. The van der Waals surface area contributed by atoms with E-state index in [4.69, 9.17) is 4.74 Å². The summed E-state index contributed by atoms with van der Waals surface area (Å²) in [4.78, 5) is 16.0. The first kappa shape index (κ1) is 21.7. The number of hydrogen-bond donors (Lipinski definition) is 1. The van der Waals surface area contributed by atoms with Crippen molar-refractivity contribution in [3.8, 4) is 5.75 Å². The van der Waals surface area contributed by atoms with Crippen LogP contribution < -0.4 is 10.2 Å². The Kier molecular flexibility index (Phi) is 7.13. The zero-order chi connectivity index (χ0) is 21.6. The maximum atomic E-state index is 12.0. The molecule has 0 aliphatic heterocycles. The average Bonchev–Trinajstić information content (AvgIpc) is 2.79. The standard InChI is InChI=1S/C24H17I2N3O2/c25-21-11-16(13-28-29-24(30)18-8-4-10-27-14-18)12-22(26)23(21)31-15-19-7-3-6-17-5-1-2-9-20(17)19/h1-14H,15H2,(H,29,30)/b28-13-. The number of fused-ring (bicyclic) bond motifs is 1. The van der Waals surface area contributed by atoms with Crippen LogP contribution in [0.4, 0.5) is 0 Å². The van der Waals surface area contributed by atoms with E-state index in [0.29, 0.717) is 12.2 Å². The van der Waals surface area contributed by atoms with Crippen LogP contribution in [0.25, 0.3) is 10.8 Å². The minimum atomic E-state index is -0.302. The van der Waals surface area contributed by atoms with Gasteiger partial charge in [-0.3, -0.25) is 9.78 Å². The molecule has 0 spiro atoms. The highest BCUT2D eigenvalue weighted by atomic mass is 127. The van der Waals surface area contributed by atoms with E-state index in [1.54, 1.807) is 24.5 Å². The predicted octanol–water partition coefficient (Wildman–Crippen LogP) is 5.79. The number of aromatic nitrogens is 1. The molecule has 4 aromatic rings. The summed E-state index contributed by atoms with van der Waals surface area (Å²) in [7, 11) is 0. The number of carbonyl (C=O) groups excluding carboxylic acids is 1. The van der Waals surface area contributed by atoms with Gasteiger partial charge in [0.05, 0.1) is 18.9 Å². The fraction of sp³-hybridized carbons (Fsp3) is 0.0417. The van der Waals surface area contributed by atoms with E-state index < -0.39 is 0 Å². The molecule has 1 N–H and O–H groups in total. The first-order valence-electron chi connectivity index (χ1n) is 9.44. The van der Waals surface area contributed by atoms with Gasteiger partial charge < -0.3 is 4.74 Å². The number of halogens is 2. The van der Waals surface area contributed by atoms with Crippen LogP contribution in [0, 0.1) is 7.14 Å². The van der Waals surface area contributed by atoms with Crippen molar-refractivity contribution >= 4 is 68.1 Å². The average molecular weight is 633 g/mol. The Labute approximate surface area is 207 Å². The fourth-order valence-corrected chi connectivity index (χ4v) is 5.21. The number of pyridine rings is 1. The summed E-state index contributed by atoms with van der Waals surface area (Å²) >= 11 is 4.52. The topological polar surface area (TPSA) is 63.6 Å². The van der Waals surface area contributed by atoms with Crippen molar-refractivity contribution in [1.82, 2.24) is 10.4 Å². The molecule has 0 atom stereocenters. The highest BCUT2D eigenvalue weighted by Crippen LogP contribution is 2.30. The SMILES string of the molecule is O=C(N/N=C\c1cc(I)c(OCc2cccc3ccccc23)c(I)c1)c1cccnc1. The second-order valence-electron chi connectivity index (χ2n) is 6.68. The number of ether oxygens (including phenoxy) is 1. The van der Waals surface area contributed by atoms with Crippen LogP contribution in [0.15, 0.2) is 84.2 Å². The van der Waals surface area contributed by atoms with Crippen LogP contribution in [-0.4, -0.2) is 17.1 Å². The van der Waals surface area contributed by atoms with E-state index in [0.717, 1.165) is 24.0 Å². The van der Waals surface area contributed by atoms with Crippen LogP contribution in [-0.2, 0) is 6.61 Å². The van der Waals surface area contributed by atoms with E-state index in [-0.39, 0.29) is 5.91 Å². The summed E-state index contributed by atoms with van der Waals surface area (Å²) in [5.41, 5.74) is 5.00. The molecule has 7 heteroatoms. The van der Waals surface area contributed by atoms with Crippen molar-refractivity contribution in [2.45, 2.75) is 6.61 Å². The number of carbonyl (C=O) groups is 1. The molecule has 31 heavy (non-hydrogen) atoms. The Balaban J connectivity index is 1.45. The third-order valence-corrected chi connectivity index (χ3v) is 6.18. The van der Waals surface area contributed by atoms with Gasteiger partial charge in [-0.05, 0) is 91.3 Å². The summed E-state index contributed by atoms with van der Waals surface area (Å²) in [6.07, 6.45) is 4.74. The van der Waals surface area contributed by atoms with Gasteiger partial charge in [0, 0.05) is 12.4 Å². The summed E-state index contributed by atoms with van der Waals surface area (Å²) in [6.45, 7) is 0.488. The molecule has 3 aromatic carbocycles. The summed E-state index contributed by atoms with van der Waals surface area (Å²) < 4.78 is 8.13. The first-order valence-corrected chi connectivity index (χ1v) is 11.6. The minimum Gasteiger partial charge on any atom is -0.487 e. The molecule has 0 unspecified atom stereocenters. The van der Waals surface area contributed by atoms with Gasteiger partial charge in [-0.2, -0.15) is 5.10 Å². The van der Waals surface area contributed by atoms with Gasteiger partial charge in [0.15, 0.2) is 0 Å². The van der Waals surface area contributed by atoms with Crippen molar-refractivity contribution in [2.24, 2.45) is 5.10 Å². The van der Waals surface area contributed by atoms with Crippen LogP contribution in [0.3, 0.4) is 0 Å². The predicted molar refractivity (Wildman–Crippen MR) is 139 cm³/mol. The molecule has 1 amide bonds. The zero-order valence-electron chi connectivity index (χ0n) is 16.3. The Bertz CT molecular complexity index is 1230. The summed E-state index contributed by atoms with van der Waals surface area (Å²) in [5.74, 6) is 0.537. The third kappa shape index (κ3) is 5.40. The largest absolute Gasteiger partial charge is 0.487 e. The lowest BCUT2D eigenvalue weighted by atomic mass is 10.1. The minimum absolute atomic E-state index is 0.302. The molecule has 154 valence electrons. The van der Waals surface area contributed by atoms with Gasteiger partial charge in [-0.25, -0.2) is 5.43 Å². The first-order chi connectivity index (χ1) is 15.1. The van der Waals surface area contributed by atoms with Crippen LogP contribution in [0.2, 0.25) is 0 Å². The van der Waals surface area contributed by atoms with Crippen LogP contribution in [0.1, 0.15) is 21.5 Å². The van der Waals surface area contributed by atoms with Crippen molar-refractivity contribution < 1.29 is 9.53 Å². The maximum Gasteiger partial charge on any atom is 0.272 e. The lowest BCUT2D eigenvalue weighted by Gasteiger charge is -2.13. The number of nitrogens with zero attached hydrogens (tertiary/aromatic N) is 2. The molecular formula is C24H17I2N3O2. The molecule has 0 radical (unpaired) electrons. The number of amides is 1. The molecular weight excluding hydrogens is 616 g/mol. The Morgan fingerprint density at radius 2 is 1.81 bits per heavy atom. The monoisotopic (exact) mass is 633 g/mol. The highest BCUT2D eigenvalue weighted by Gasteiger charge is 2.10. The maximum absolute atomic E-state index is 12.0. The van der Waals surface area contributed by atoms with E-state index in [1.165, 1.54) is 17.0 Å². The normalized spacial score (nSPS) is 11.0. The van der Waals surface area contributed by atoms with E-state index in [2.05, 4.69) is 91.0 Å². The number of rotatable bonds is 6. The third-order valence-electron chi connectivity index (χ3n) is 4.58. The summed E-state index contributed by atoms with van der Waals surface area (Å²) in [6, 6.07) is 21.9. The molecule has 0 bridgehead atoms. The van der Waals surface area contributed by atoms with Gasteiger partial charge >= 0.3 is 0 Å². The number of hydrazone groups is 1. The fourth-order valence-electron chi connectivity index (χ4n) is 3.09. The molecule has 0 aliphatic carbocycles. The highest BCUT2D eigenvalue weighted by molar-refractivity contribution is 14.1. The molecule has 0 saturated heterocycles. The van der Waals surface area contributed by atoms with Crippen molar-refractivity contribution in [1.29, 1.82) is 0 Å². The molecule has 1 aromatic heterocycles.